The Bertz CT molecular complexity index is 1500. The molecule has 39 heavy (non-hydrogen) atoms. The molecule has 0 aliphatic carbocycles. The predicted molar refractivity (Wildman–Crippen MR) is 143 cm³/mol. The number of ether oxygens (including phenoxy) is 1. The van der Waals surface area contributed by atoms with E-state index in [4.69, 9.17) is 16.3 Å². The van der Waals surface area contributed by atoms with Gasteiger partial charge in [0.1, 0.15) is 17.2 Å². The number of nitrogens with zero attached hydrogens (tertiary/aromatic N) is 4. The number of rotatable bonds is 8. The highest BCUT2D eigenvalue weighted by atomic mass is 35.5. The Labute approximate surface area is 227 Å². The summed E-state index contributed by atoms with van der Waals surface area (Å²) in [7, 11) is 1.75. The molecule has 12 heteroatoms. The number of hydrogen-bond donors (Lipinski definition) is 2. The molecule has 0 radical (unpaired) electrons. The van der Waals surface area contributed by atoms with E-state index in [1.807, 2.05) is 0 Å². The van der Waals surface area contributed by atoms with Gasteiger partial charge in [-0.2, -0.15) is 13.2 Å². The van der Waals surface area contributed by atoms with E-state index in [0.29, 0.717) is 29.5 Å². The SMILES string of the molecule is Cn1c(Nc2ccc(Cl)c(C(F)(F)F)c2)nc2cc(Oc3ccnc(C(=O)NCCN4CCCC4)c3)ccc21. The number of hydrogen-bond acceptors (Lipinski definition) is 6. The van der Waals surface area contributed by atoms with Crippen LogP contribution in [0.25, 0.3) is 11.0 Å². The van der Waals surface area contributed by atoms with E-state index < -0.39 is 11.7 Å². The molecule has 1 saturated heterocycles. The van der Waals surface area contributed by atoms with Gasteiger partial charge in [0.15, 0.2) is 0 Å². The quantitative estimate of drug-likeness (QED) is 0.276. The predicted octanol–water partition coefficient (Wildman–Crippen LogP) is 6.00. The minimum absolute atomic E-state index is 0.199. The number of nitrogens with one attached hydrogen (secondary N) is 2. The molecular weight excluding hydrogens is 533 g/mol. The zero-order valence-corrected chi connectivity index (χ0v) is 21.8. The number of anilines is 2. The third kappa shape index (κ3) is 6.26. The van der Waals surface area contributed by atoms with Gasteiger partial charge in [-0.3, -0.25) is 9.78 Å². The molecule has 1 fully saturated rings. The molecule has 204 valence electrons. The summed E-state index contributed by atoms with van der Waals surface area (Å²) in [5, 5.41) is 5.44. The highest BCUT2D eigenvalue weighted by molar-refractivity contribution is 6.31. The van der Waals surface area contributed by atoms with Crippen molar-refractivity contribution in [2.24, 2.45) is 7.05 Å². The van der Waals surface area contributed by atoms with Crippen LogP contribution in [0, 0.1) is 0 Å². The van der Waals surface area contributed by atoms with Crippen LogP contribution in [-0.2, 0) is 13.2 Å². The summed E-state index contributed by atoms with van der Waals surface area (Å²) in [5.74, 6) is 0.981. The Hall–Kier alpha value is -3.83. The monoisotopic (exact) mass is 558 g/mol. The number of benzene rings is 2. The molecule has 2 N–H and O–H groups in total. The number of carbonyl (C=O) groups is 1. The van der Waals surface area contributed by atoms with Crippen LogP contribution in [0.15, 0.2) is 54.7 Å². The van der Waals surface area contributed by atoms with E-state index in [2.05, 4.69) is 25.5 Å². The van der Waals surface area contributed by atoms with E-state index in [-0.39, 0.29) is 22.3 Å². The van der Waals surface area contributed by atoms with Crippen molar-refractivity contribution < 1.29 is 22.7 Å². The van der Waals surface area contributed by atoms with Crippen LogP contribution in [0.3, 0.4) is 0 Å². The number of pyridine rings is 1. The molecule has 1 amide bonds. The maximum absolute atomic E-state index is 13.2. The van der Waals surface area contributed by atoms with E-state index in [0.717, 1.165) is 31.2 Å². The summed E-state index contributed by atoms with van der Waals surface area (Å²) >= 11 is 5.73. The largest absolute Gasteiger partial charge is 0.457 e. The Morgan fingerprint density at radius 1 is 1.08 bits per heavy atom. The van der Waals surface area contributed by atoms with Gasteiger partial charge < -0.3 is 24.8 Å². The lowest BCUT2D eigenvalue weighted by atomic mass is 10.2. The average molecular weight is 559 g/mol. The molecule has 0 atom stereocenters. The smallest absolute Gasteiger partial charge is 0.417 e. The Kier molecular flexibility index (Phi) is 7.62. The lowest BCUT2D eigenvalue weighted by Crippen LogP contribution is -2.33. The first kappa shape index (κ1) is 26.8. The van der Waals surface area contributed by atoms with Crippen molar-refractivity contribution in [3.63, 3.8) is 0 Å². The topological polar surface area (TPSA) is 84.3 Å². The highest BCUT2D eigenvalue weighted by Gasteiger charge is 2.33. The molecule has 0 bridgehead atoms. The molecule has 2 aromatic carbocycles. The normalized spacial score (nSPS) is 14.1. The van der Waals surface area contributed by atoms with Gasteiger partial charge in [0.25, 0.3) is 5.91 Å². The van der Waals surface area contributed by atoms with Crippen molar-refractivity contribution in [2.75, 3.05) is 31.5 Å². The number of imidazole rings is 1. The van der Waals surface area contributed by atoms with Crippen LogP contribution in [0.5, 0.6) is 11.5 Å². The van der Waals surface area contributed by atoms with Crippen molar-refractivity contribution in [1.82, 2.24) is 24.8 Å². The average Bonchev–Trinajstić information content (AvgIpc) is 3.52. The molecule has 4 aromatic rings. The zero-order chi connectivity index (χ0) is 27.6. The van der Waals surface area contributed by atoms with Crippen molar-refractivity contribution in [3.05, 3.63) is 71.0 Å². The summed E-state index contributed by atoms with van der Waals surface area (Å²) in [6, 6.07) is 12.1. The lowest BCUT2D eigenvalue weighted by Gasteiger charge is -2.14. The van der Waals surface area contributed by atoms with Crippen molar-refractivity contribution in [3.8, 4) is 11.5 Å². The van der Waals surface area contributed by atoms with Gasteiger partial charge in [0.05, 0.1) is 21.6 Å². The number of aryl methyl sites for hydroxylation is 1. The Morgan fingerprint density at radius 3 is 2.62 bits per heavy atom. The van der Waals surface area contributed by atoms with Gasteiger partial charge in [-0.05, 0) is 62.3 Å². The first-order valence-corrected chi connectivity index (χ1v) is 12.8. The van der Waals surface area contributed by atoms with Crippen LogP contribution in [0.2, 0.25) is 5.02 Å². The van der Waals surface area contributed by atoms with Crippen LogP contribution in [0.1, 0.15) is 28.9 Å². The van der Waals surface area contributed by atoms with Crippen molar-refractivity contribution >= 4 is 40.2 Å². The molecule has 8 nitrogen and oxygen atoms in total. The second-order valence-electron chi connectivity index (χ2n) is 9.25. The lowest BCUT2D eigenvalue weighted by molar-refractivity contribution is -0.137. The summed E-state index contributed by atoms with van der Waals surface area (Å²) in [4.78, 5) is 23.5. The third-order valence-electron chi connectivity index (χ3n) is 6.49. The molecular formula is C27H26ClF3N6O2. The van der Waals surface area contributed by atoms with E-state index in [1.165, 1.54) is 31.2 Å². The summed E-state index contributed by atoms with van der Waals surface area (Å²) in [6.07, 6.45) is -0.674. The number of aromatic nitrogens is 3. The number of amides is 1. The van der Waals surface area contributed by atoms with Gasteiger partial charge in [0.2, 0.25) is 5.95 Å². The Balaban J connectivity index is 1.28. The number of likely N-dealkylation sites (tertiary alicyclic amines) is 1. The number of fused-ring (bicyclic) bond motifs is 1. The van der Waals surface area contributed by atoms with Crippen molar-refractivity contribution in [1.29, 1.82) is 0 Å². The second kappa shape index (κ2) is 11.1. The fraction of sp³-hybridized carbons (Fsp3) is 0.296. The second-order valence-corrected chi connectivity index (χ2v) is 9.65. The van der Waals surface area contributed by atoms with E-state index in [1.54, 1.807) is 41.9 Å². The fourth-order valence-corrected chi connectivity index (χ4v) is 4.69. The molecule has 0 saturated carbocycles. The standard InChI is InChI=1S/C27H26ClF3N6O2/c1-36-24-7-5-18(15-22(24)35-26(36)34-17-4-6-21(28)20(14-17)27(29,30)31)39-19-8-9-32-23(16-19)25(38)33-10-13-37-11-2-3-12-37/h4-9,14-16H,2-3,10-13H2,1H3,(H,33,38)(H,34,35). The van der Waals surface area contributed by atoms with Gasteiger partial charge in [-0.15, -0.1) is 0 Å². The maximum atomic E-state index is 13.2. The van der Waals surface area contributed by atoms with Crippen molar-refractivity contribution in [2.45, 2.75) is 19.0 Å². The fourth-order valence-electron chi connectivity index (χ4n) is 4.46. The molecule has 0 unspecified atom stereocenters. The van der Waals surface area contributed by atoms with E-state index in [9.17, 15) is 18.0 Å². The van der Waals surface area contributed by atoms with Gasteiger partial charge in [-0.25, -0.2) is 4.98 Å². The Morgan fingerprint density at radius 2 is 1.85 bits per heavy atom. The maximum Gasteiger partial charge on any atom is 0.417 e. The van der Waals surface area contributed by atoms with Crippen LogP contribution in [0.4, 0.5) is 24.8 Å². The molecule has 3 heterocycles. The number of halogens is 4. The van der Waals surface area contributed by atoms with E-state index >= 15 is 0 Å². The molecule has 5 rings (SSSR count). The summed E-state index contributed by atoms with van der Waals surface area (Å²) in [6.45, 7) is 3.49. The zero-order valence-electron chi connectivity index (χ0n) is 21.1. The number of alkyl halides is 3. The summed E-state index contributed by atoms with van der Waals surface area (Å²) in [5.41, 5.74) is 0.824. The van der Waals surface area contributed by atoms with Crippen LogP contribution < -0.4 is 15.4 Å². The summed E-state index contributed by atoms with van der Waals surface area (Å²) < 4.78 is 47.4. The van der Waals surface area contributed by atoms with Gasteiger partial charge >= 0.3 is 6.18 Å². The molecule has 2 aromatic heterocycles. The first-order chi connectivity index (χ1) is 18.7. The van der Waals surface area contributed by atoms with Gasteiger partial charge in [-0.1, -0.05) is 11.6 Å². The van der Waals surface area contributed by atoms with Crippen LogP contribution in [-0.4, -0.2) is 51.5 Å². The number of carbonyl (C=O) groups excluding carboxylic acids is 1. The van der Waals surface area contributed by atoms with Crippen LogP contribution >= 0.6 is 11.6 Å². The van der Waals surface area contributed by atoms with Gasteiger partial charge in [0, 0.05) is 44.2 Å². The molecule has 0 spiro atoms. The highest BCUT2D eigenvalue weighted by Crippen LogP contribution is 2.37. The third-order valence-corrected chi connectivity index (χ3v) is 6.82. The first-order valence-electron chi connectivity index (χ1n) is 12.4. The molecule has 1 aliphatic rings. The minimum Gasteiger partial charge on any atom is -0.457 e. The molecule has 1 aliphatic heterocycles. The minimum atomic E-state index is -4.57.